The number of hydrogen-bond donors (Lipinski definition) is 3. The van der Waals surface area contributed by atoms with E-state index >= 15 is 0 Å². The summed E-state index contributed by atoms with van der Waals surface area (Å²) in [5, 5.41) is 18.0. The molecule has 0 radical (unpaired) electrons. The zero-order valence-corrected chi connectivity index (χ0v) is 24.3. The van der Waals surface area contributed by atoms with Gasteiger partial charge in [-0.05, 0) is 81.0 Å². The monoisotopic (exact) mass is 564 g/mol. The molecule has 1 aliphatic rings. The molecule has 3 N–H and O–H groups in total. The summed E-state index contributed by atoms with van der Waals surface area (Å²) in [7, 11) is 0. The number of ether oxygens (including phenoxy) is 1. The molecule has 1 fully saturated rings. The fourth-order valence-corrected chi connectivity index (χ4v) is 5.68. The van der Waals surface area contributed by atoms with Crippen molar-refractivity contribution < 1.29 is 23.4 Å². The number of carbonyl (C=O) groups is 1. The van der Waals surface area contributed by atoms with Crippen molar-refractivity contribution >= 4 is 5.91 Å². The third-order valence-corrected chi connectivity index (χ3v) is 7.56. The second-order valence-corrected chi connectivity index (χ2v) is 12.2. The lowest BCUT2D eigenvalue weighted by Crippen LogP contribution is -2.53. The van der Waals surface area contributed by atoms with Crippen LogP contribution in [0.3, 0.4) is 0 Å². The number of aliphatic hydroxyl groups is 1. The molecule has 4 rings (SSSR count). The summed E-state index contributed by atoms with van der Waals surface area (Å²) < 4.78 is 34.1. The summed E-state index contributed by atoms with van der Waals surface area (Å²) in [6.07, 6.45) is 4.26. The largest absolute Gasteiger partial charge is 0.488 e. The van der Waals surface area contributed by atoms with Gasteiger partial charge in [-0.25, -0.2) is 8.78 Å². The fraction of sp³-hybridized carbons (Fsp3) is 0.441. The van der Waals surface area contributed by atoms with Crippen LogP contribution in [0.5, 0.6) is 5.75 Å². The van der Waals surface area contributed by atoms with Crippen molar-refractivity contribution in [3.63, 3.8) is 0 Å². The molecule has 1 saturated carbocycles. The Morgan fingerprint density at radius 3 is 2.27 bits per heavy atom. The van der Waals surface area contributed by atoms with Crippen molar-refractivity contribution in [3.8, 4) is 5.75 Å². The Kier molecular flexibility index (Phi) is 10.2. The maximum absolute atomic E-state index is 14.0. The summed E-state index contributed by atoms with van der Waals surface area (Å²) in [6, 6.07) is 20.0. The van der Waals surface area contributed by atoms with E-state index in [4.69, 9.17) is 4.74 Å². The van der Waals surface area contributed by atoms with Crippen molar-refractivity contribution in [1.29, 1.82) is 0 Å². The fourth-order valence-electron chi connectivity index (χ4n) is 5.68. The number of amides is 1. The number of halogens is 2. The van der Waals surface area contributed by atoms with E-state index < -0.39 is 23.8 Å². The van der Waals surface area contributed by atoms with Gasteiger partial charge in [0.05, 0.1) is 18.6 Å². The summed E-state index contributed by atoms with van der Waals surface area (Å²) in [4.78, 5) is 13.0. The quantitative estimate of drug-likeness (QED) is 0.259. The Morgan fingerprint density at radius 1 is 0.927 bits per heavy atom. The van der Waals surface area contributed by atoms with E-state index in [0.717, 1.165) is 55.0 Å². The molecule has 2 atom stereocenters. The molecule has 0 spiro atoms. The first-order chi connectivity index (χ1) is 19.5. The predicted molar refractivity (Wildman–Crippen MR) is 158 cm³/mol. The molecule has 1 amide bonds. The molecule has 2 unspecified atom stereocenters. The molecule has 0 aromatic heterocycles. The van der Waals surface area contributed by atoms with Crippen LogP contribution in [0.4, 0.5) is 8.78 Å². The van der Waals surface area contributed by atoms with Crippen LogP contribution >= 0.6 is 0 Å². The summed E-state index contributed by atoms with van der Waals surface area (Å²) in [5.41, 5.74) is 1.62. The van der Waals surface area contributed by atoms with Gasteiger partial charge in [0.2, 0.25) is 5.91 Å². The Labute approximate surface area is 242 Å². The number of rotatable bonds is 11. The molecule has 3 aromatic carbocycles. The maximum atomic E-state index is 14.0. The van der Waals surface area contributed by atoms with E-state index in [-0.39, 0.29) is 36.4 Å². The number of aliphatic hydroxyl groups excluding tert-OH is 1. The molecular formula is C34H42F2N2O3. The van der Waals surface area contributed by atoms with Crippen LogP contribution in [-0.4, -0.2) is 35.3 Å². The minimum atomic E-state index is -1.01. The van der Waals surface area contributed by atoms with Crippen molar-refractivity contribution in [3.05, 3.63) is 101 Å². The Hall–Kier alpha value is -3.29. The van der Waals surface area contributed by atoms with Gasteiger partial charge in [0.1, 0.15) is 23.0 Å². The van der Waals surface area contributed by atoms with Gasteiger partial charge in [-0.15, -0.1) is 0 Å². The van der Waals surface area contributed by atoms with Crippen LogP contribution in [0, 0.1) is 11.6 Å². The van der Waals surface area contributed by atoms with E-state index in [1.165, 1.54) is 12.1 Å². The lowest BCUT2D eigenvalue weighted by atomic mass is 9.76. The number of carbonyl (C=O) groups excluding carboxylic acids is 1. The first-order valence-electron chi connectivity index (χ1n) is 14.5. The Bertz CT molecular complexity index is 1270. The molecule has 0 bridgehead atoms. The minimum absolute atomic E-state index is 0.0833. The zero-order valence-electron chi connectivity index (χ0n) is 24.3. The first-order valence-corrected chi connectivity index (χ1v) is 14.5. The van der Waals surface area contributed by atoms with Crippen molar-refractivity contribution in [1.82, 2.24) is 10.6 Å². The SMILES string of the molecule is CC(C)(C)Oc1cccc(C2(NCC(O)C(Cc3cc(F)cc(F)c3)NC(=O)Cc3ccccc3)CCCCC2)c1. The van der Waals surface area contributed by atoms with E-state index in [1.807, 2.05) is 63.2 Å². The number of benzene rings is 3. The highest BCUT2D eigenvalue weighted by atomic mass is 19.1. The van der Waals surface area contributed by atoms with Crippen LogP contribution in [0.2, 0.25) is 0 Å². The van der Waals surface area contributed by atoms with Gasteiger partial charge in [-0.2, -0.15) is 0 Å². The molecule has 220 valence electrons. The topological polar surface area (TPSA) is 70.6 Å². The lowest BCUT2D eigenvalue weighted by molar-refractivity contribution is -0.122. The third-order valence-electron chi connectivity index (χ3n) is 7.56. The van der Waals surface area contributed by atoms with Gasteiger partial charge < -0.3 is 20.5 Å². The third kappa shape index (κ3) is 9.10. The van der Waals surface area contributed by atoms with E-state index in [9.17, 15) is 18.7 Å². The molecule has 0 aliphatic heterocycles. The molecule has 0 heterocycles. The van der Waals surface area contributed by atoms with Crippen molar-refractivity contribution in [2.45, 2.75) is 89.0 Å². The Balaban J connectivity index is 1.53. The minimum Gasteiger partial charge on any atom is -0.488 e. The van der Waals surface area contributed by atoms with Crippen LogP contribution in [0.15, 0.2) is 72.8 Å². The highest BCUT2D eigenvalue weighted by Crippen LogP contribution is 2.38. The molecular weight excluding hydrogens is 522 g/mol. The molecule has 7 heteroatoms. The second-order valence-electron chi connectivity index (χ2n) is 12.2. The standard InChI is InChI=1S/C34H42F2N2O3/c1-33(2,3)41-29-14-10-13-26(21-29)34(15-8-5-9-16-34)37-23-31(39)30(19-25-17-27(35)22-28(36)18-25)38-32(40)20-24-11-6-4-7-12-24/h4,6-7,10-14,17-18,21-22,30-31,37,39H,5,8-9,15-16,19-20,23H2,1-3H3,(H,38,40). The average Bonchev–Trinajstić information content (AvgIpc) is 2.91. The highest BCUT2D eigenvalue weighted by Gasteiger charge is 2.35. The van der Waals surface area contributed by atoms with Crippen molar-refractivity contribution in [2.75, 3.05) is 6.54 Å². The summed E-state index contributed by atoms with van der Waals surface area (Å²) in [6.45, 7) is 6.24. The van der Waals surface area contributed by atoms with Gasteiger partial charge in [0.25, 0.3) is 0 Å². The van der Waals surface area contributed by atoms with Crippen LogP contribution < -0.4 is 15.4 Å². The van der Waals surface area contributed by atoms with Crippen LogP contribution in [-0.2, 0) is 23.2 Å². The normalized spacial score (nSPS) is 16.5. The predicted octanol–water partition coefficient (Wildman–Crippen LogP) is 6.22. The van der Waals surface area contributed by atoms with Gasteiger partial charge in [-0.3, -0.25) is 4.79 Å². The average molecular weight is 565 g/mol. The second kappa shape index (κ2) is 13.6. The van der Waals surface area contributed by atoms with E-state index in [2.05, 4.69) is 22.8 Å². The van der Waals surface area contributed by atoms with Crippen molar-refractivity contribution in [2.24, 2.45) is 0 Å². The smallest absolute Gasteiger partial charge is 0.224 e. The van der Waals surface area contributed by atoms with Crippen LogP contribution in [0.25, 0.3) is 0 Å². The maximum Gasteiger partial charge on any atom is 0.224 e. The van der Waals surface area contributed by atoms with Gasteiger partial charge >= 0.3 is 0 Å². The van der Waals surface area contributed by atoms with Gasteiger partial charge in [-0.1, -0.05) is 61.7 Å². The molecule has 1 aliphatic carbocycles. The molecule has 41 heavy (non-hydrogen) atoms. The molecule has 0 saturated heterocycles. The van der Waals surface area contributed by atoms with Gasteiger partial charge in [0.15, 0.2) is 0 Å². The number of hydrogen-bond acceptors (Lipinski definition) is 4. The molecule has 5 nitrogen and oxygen atoms in total. The summed E-state index contributed by atoms with van der Waals surface area (Å²) in [5.74, 6) is -0.862. The van der Waals surface area contributed by atoms with E-state index in [1.54, 1.807) is 0 Å². The molecule has 3 aromatic rings. The lowest BCUT2D eigenvalue weighted by Gasteiger charge is -2.40. The highest BCUT2D eigenvalue weighted by molar-refractivity contribution is 5.79. The van der Waals surface area contributed by atoms with Gasteiger partial charge in [0, 0.05) is 18.2 Å². The first kappa shape index (κ1) is 30.7. The summed E-state index contributed by atoms with van der Waals surface area (Å²) >= 11 is 0. The Morgan fingerprint density at radius 2 is 1.61 bits per heavy atom. The number of nitrogens with one attached hydrogen (secondary N) is 2. The zero-order chi connectivity index (χ0) is 29.5. The van der Waals surface area contributed by atoms with Crippen LogP contribution in [0.1, 0.15) is 69.6 Å². The van der Waals surface area contributed by atoms with E-state index in [0.29, 0.717) is 5.56 Å².